The molecule has 37 heavy (non-hydrogen) atoms. The Morgan fingerprint density at radius 2 is 1.43 bits per heavy atom. The lowest BCUT2D eigenvalue weighted by molar-refractivity contribution is -0.133. The minimum atomic E-state index is -0.00320. The average Bonchev–Trinajstić information content (AvgIpc) is 3.37. The molecule has 184 valence electrons. The number of aromatic nitrogens is 3. The lowest BCUT2D eigenvalue weighted by atomic mass is 10.1. The lowest BCUT2D eigenvalue weighted by Gasteiger charge is -2.35. The summed E-state index contributed by atoms with van der Waals surface area (Å²) >= 11 is 0. The van der Waals surface area contributed by atoms with E-state index in [4.69, 9.17) is 14.7 Å². The second-order valence-corrected chi connectivity index (χ2v) is 8.98. The van der Waals surface area contributed by atoms with Gasteiger partial charge in [0.05, 0.1) is 5.39 Å². The van der Waals surface area contributed by atoms with Crippen LogP contribution < -0.4 is 9.64 Å². The molecular weight excluding hydrogens is 462 g/mol. The first-order chi connectivity index (χ1) is 18.3. The molecule has 2 aromatic heterocycles. The fourth-order valence-corrected chi connectivity index (χ4v) is 4.83. The quantitative estimate of drug-likeness (QED) is 0.342. The first-order valence-corrected chi connectivity index (χ1v) is 12.5. The van der Waals surface area contributed by atoms with Gasteiger partial charge < -0.3 is 19.1 Å². The van der Waals surface area contributed by atoms with Gasteiger partial charge in [-0.1, -0.05) is 66.7 Å². The van der Waals surface area contributed by atoms with Gasteiger partial charge in [-0.15, -0.1) is 0 Å². The van der Waals surface area contributed by atoms with Gasteiger partial charge in [0.15, 0.2) is 12.3 Å². The number of para-hydroxylation sites is 2. The van der Waals surface area contributed by atoms with E-state index in [9.17, 15) is 4.79 Å². The Morgan fingerprint density at radius 1 is 0.784 bits per heavy atom. The van der Waals surface area contributed by atoms with Crippen LogP contribution in [0.5, 0.6) is 5.75 Å². The molecule has 7 nitrogen and oxygen atoms in total. The Labute approximate surface area is 215 Å². The van der Waals surface area contributed by atoms with Gasteiger partial charge in [0, 0.05) is 43.6 Å². The Hall–Kier alpha value is -4.65. The summed E-state index contributed by atoms with van der Waals surface area (Å²) in [5, 5.41) is 1.02. The van der Waals surface area contributed by atoms with Crippen molar-refractivity contribution in [1.29, 1.82) is 0 Å². The van der Waals surface area contributed by atoms with E-state index in [1.165, 1.54) is 0 Å². The third-order valence-electron chi connectivity index (χ3n) is 6.72. The SMILES string of the molecule is O=C(COc1ccccc1)N1CCN(c2ncnc3c2c(-c2ccccc2)cn3-c2ccccc2)CC1. The normalized spacial score (nSPS) is 13.6. The molecule has 3 heterocycles. The molecule has 0 unspecified atom stereocenters. The molecule has 1 aliphatic rings. The van der Waals surface area contributed by atoms with Crippen molar-refractivity contribution in [3.8, 4) is 22.6 Å². The van der Waals surface area contributed by atoms with Crippen LogP contribution in [0.25, 0.3) is 27.8 Å². The maximum Gasteiger partial charge on any atom is 0.260 e. The molecule has 1 amide bonds. The van der Waals surface area contributed by atoms with Crippen molar-refractivity contribution in [1.82, 2.24) is 19.4 Å². The van der Waals surface area contributed by atoms with Crippen LogP contribution in [0.3, 0.4) is 0 Å². The number of carbonyl (C=O) groups excluding carboxylic acids is 1. The molecule has 0 bridgehead atoms. The minimum Gasteiger partial charge on any atom is -0.484 e. The van der Waals surface area contributed by atoms with E-state index < -0.39 is 0 Å². The van der Waals surface area contributed by atoms with Crippen molar-refractivity contribution < 1.29 is 9.53 Å². The van der Waals surface area contributed by atoms with Crippen molar-refractivity contribution in [2.45, 2.75) is 0 Å². The van der Waals surface area contributed by atoms with Gasteiger partial charge in [-0.3, -0.25) is 4.79 Å². The Morgan fingerprint density at radius 3 is 2.14 bits per heavy atom. The molecule has 0 spiro atoms. The zero-order valence-electron chi connectivity index (χ0n) is 20.4. The Kier molecular flexibility index (Phi) is 6.25. The van der Waals surface area contributed by atoms with Gasteiger partial charge in [-0.25, -0.2) is 9.97 Å². The number of hydrogen-bond donors (Lipinski definition) is 0. The van der Waals surface area contributed by atoms with Crippen molar-refractivity contribution in [3.05, 3.63) is 104 Å². The molecule has 0 radical (unpaired) electrons. The number of nitrogens with zero attached hydrogens (tertiary/aromatic N) is 5. The second-order valence-electron chi connectivity index (χ2n) is 8.98. The zero-order valence-corrected chi connectivity index (χ0v) is 20.4. The van der Waals surface area contributed by atoms with E-state index in [1.54, 1.807) is 6.33 Å². The number of benzene rings is 3. The van der Waals surface area contributed by atoms with Gasteiger partial charge >= 0.3 is 0 Å². The highest BCUT2D eigenvalue weighted by Crippen LogP contribution is 2.37. The van der Waals surface area contributed by atoms with E-state index in [0.29, 0.717) is 31.9 Å². The maximum absolute atomic E-state index is 12.8. The lowest BCUT2D eigenvalue weighted by Crippen LogP contribution is -2.50. The summed E-state index contributed by atoms with van der Waals surface area (Å²) in [6.45, 7) is 2.65. The minimum absolute atomic E-state index is 0.00320. The highest BCUT2D eigenvalue weighted by molar-refractivity contribution is 6.02. The number of amides is 1. The van der Waals surface area contributed by atoms with E-state index in [0.717, 1.165) is 33.7 Å². The highest BCUT2D eigenvalue weighted by atomic mass is 16.5. The molecule has 1 saturated heterocycles. The first-order valence-electron chi connectivity index (χ1n) is 12.5. The molecule has 0 atom stereocenters. The molecule has 1 fully saturated rings. The van der Waals surface area contributed by atoms with Crippen molar-refractivity contribution in [3.63, 3.8) is 0 Å². The number of ether oxygens (including phenoxy) is 1. The van der Waals surface area contributed by atoms with Crippen LogP contribution >= 0.6 is 0 Å². The molecule has 0 N–H and O–H groups in total. The summed E-state index contributed by atoms with van der Waals surface area (Å²) in [5.74, 6) is 1.59. The van der Waals surface area contributed by atoms with E-state index in [-0.39, 0.29) is 12.5 Å². The number of hydrogen-bond acceptors (Lipinski definition) is 5. The Bertz CT molecular complexity index is 1500. The smallest absolute Gasteiger partial charge is 0.260 e. The molecule has 3 aromatic carbocycles. The molecule has 5 aromatic rings. The van der Waals surface area contributed by atoms with Crippen molar-refractivity contribution in [2.75, 3.05) is 37.7 Å². The number of anilines is 1. The fourth-order valence-electron chi connectivity index (χ4n) is 4.83. The topological polar surface area (TPSA) is 63.5 Å². The zero-order chi connectivity index (χ0) is 25.0. The number of fused-ring (bicyclic) bond motifs is 1. The van der Waals surface area contributed by atoms with Gasteiger partial charge in [0.25, 0.3) is 5.91 Å². The maximum atomic E-state index is 12.8. The molecule has 0 saturated carbocycles. The third-order valence-corrected chi connectivity index (χ3v) is 6.72. The predicted octanol–water partition coefficient (Wildman–Crippen LogP) is 4.82. The van der Waals surface area contributed by atoms with E-state index in [1.807, 2.05) is 71.6 Å². The van der Waals surface area contributed by atoms with E-state index >= 15 is 0 Å². The second kappa shape index (κ2) is 10.1. The van der Waals surface area contributed by atoms with Crippen LogP contribution in [-0.2, 0) is 4.79 Å². The summed E-state index contributed by atoms with van der Waals surface area (Å²) in [5.41, 5.74) is 4.12. The average molecular weight is 490 g/mol. The molecule has 6 rings (SSSR count). The summed E-state index contributed by atoms with van der Waals surface area (Å²) in [6, 6.07) is 30.0. The molecule has 7 heteroatoms. The summed E-state index contributed by atoms with van der Waals surface area (Å²) in [7, 11) is 0. The third kappa shape index (κ3) is 4.63. The standard InChI is InChI=1S/C30H27N5O2/c36-27(21-37-25-14-8-3-9-15-25)33-16-18-34(19-17-33)29-28-26(23-10-4-1-5-11-23)20-35(30(28)32-22-31-29)24-12-6-2-7-13-24/h1-15,20,22H,16-19,21H2. The molecule has 0 aliphatic carbocycles. The largest absolute Gasteiger partial charge is 0.484 e. The van der Waals surface area contributed by atoms with Crippen LogP contribution in [-0.4, -0.2) is 58.1 Å². The van der Waals surface area contributed by atoms with Gasteiger partial charge in [0.2, 0.25) is 0 Å². The number of carbonyl (C=O) groups is 1. The van der Waals surface area contributed by atoms with Crippen LogP contribution in [0.15, 0.2) is 104 Å². The number of rotatable bonds is 6. The Balaban J connectivity index is 1.28. The predicted molar refractivity (Wildman–Crippen MR) is 145 cm³/mol. The van der Waals surface area contributed by atoms with Crippen molar-refractivity contribution >= 4 is 22.8 Å². The van der Waals surface area contributed by atoms with Crippen LogP contribution in [0.1, 0.15) is 0 Å². The van der Waals surface area contributed by atoms with Crippen molar-refractivity contribution in [2.24, 2.45) is 0 Å². The van der Waals surface area contributed by atoms with Crippen LogP contribution in [0.2, 0.25) is 0 Å². The summed E-state index contributed by atoms with van der Waals surface area (Å²) in [4.78, 5) is 26.3. The summed E-state index contributed by atoms with van der Waals surface area (Å²) in [6.07, 6.45) is 3.78. The summed E-state index contributed by atoms with van der Waals surface area (Å²) < 4.78 is 7.80. The first kappa shape index (κ1) is 22.8. The van der Waals surface area contributed by atoms with Crippen LogP contribution in [0, 0.1) is 0 Å². The molecule has 1 aliphatic heterocycles. The van der Waals surface area contributed by atoms with Gasteiger partial charge in [-0.2, -0.15) is 0 Å². The van der Waals surface area contributed by atoms with E-state index in [2.05, 4.69) is 39.9 Å². The van der Waals surface area contributed by atoms with Gasteiger partial charge in [0.1, 0.15) is 17.9 Å². The molecular formula is C30H27N5O2. The monoisotopic (exact) mass is 489 g/mol. The van der Waals surface area contributed by atoms with Crippen LogP contribution in [0.4, 0.5) is 5.82 Å². The fraction of sp³-hybridized carbons (Fsp3) is 0.167. The van der Waals surface area contributed by atoms with Gasteiger partial charge in [-0.05, 0) is 29.8 Å². The number of piperazine rings is 1. The highest BCUT2D eigenvalue weighted by Gasteiger charge is 2.26.